The van der Waals surface area contributed by atoms with Gasteiger partial charge in [-0.1, -0.05) is 6.07 Å². The molecule has 0 aliphatic heterocycles. The number of hydrogen-bond acceptors (Lipinski definition) is 5. The Kier molecular flexibility index (Phi) is 3.84. The molecule has 18 heavy (non-hydrogen) atoms. The summed E-state index contributed by atoms with van der Waals surface area (Å²) in [7, 11) is 3.47. The van der Waals surface area contributed by atoms with E-state index in [0.717, 1.165) is 22.9 Å². The first kappa shape index (κ1) is 12.4. The predicted molar refractivity (Wildman–Crippen MR) is 70.3 cm³/mol. The SMILES string of the molecule is CNc1cc(COC)nc(-c2cccc(C)n2)n1. The minimum absolute atomic E-state index is 0.454. The van der Waals surface area contributed by atoms with Crippen molar-refractivity contribution in [3.05, 3.63) is 35.7 Å². The molecule has 0 aromatic carbocycles. The van der Waals surface area contributed by atoms with E-state index in [1.165, 1.54) is 0 Å². The molecule has 0 unspecified atom stereocenters. The third kappa shape index (κ3) is 2.81. The number of aromatic nitrogens is 3. The summed E-state index contributed by atoms with van der Waals surface area (Å²) >= 11 is 0. The molecule has 1 N–H and O–H groups in total. The molecule has 2 aromatic rings. The van der Waals surface area contributed by atoms with E-state index in [2.05, 4.69) is 20.3 Å². The highest BCUT2D eigenvalue weighted by Crippen LogP contribution is 2.16. The second kappa shape index (κ2) is 5.55. The Bertz CT molecular complexity index is 542. The summed E-state index contributed by atoms with van der Waals surface area (Å²) in [5.74, 6) is 1.37. The van der Waals surface area contributed by atoms with Crippen molar-refractivity contribution in [3.63, 3.8) is 0 Å². The van der Waals surface area contributed by atoms with Gasteiger partial charge in [-0.25, -0.2) is 15.0 Å². The van der Waals surface area contributed by atoms with E-state index in [4.69, 9.17) is 4.74 Å². The molecule has 5 heteroatoms. The fraction of sp³-hybridized carbons (Fsp3) is 0.308. The first-order chi connectivity index (χ1) is 8.72. The van der Waals surface area contributed by atoms with Crippen LogP contribution in [0.4, 0.5) is 5.82 Å². The normalized spacial score (nSPS) is 10.4. The third-order valence-electron chi connectivity index (χ3n) is 2.44. The number of anilines is 1. The largest absolute Gasteiger partial charge is 0.378 e. The zero-order valence-electron chi connectivity index (χ0n) is 10.8. The number of hydrogen-bond donors (Lipinski definition) is 1. The fourth-order valence-electron chi connectivity index (χ4n) is 1.63. The molecular weight excluding hydrogens is 228 g/mol. The summed E-state index contributed by atoms with van der Waals surface area (Å²) in [6, 6.07) is 7.66. The van der Waals surface area contributed by atoms with Gasteiger partial charge in [-0.2, -0.15) is 0 Å². The summed E-state index contributed by atoms with van der Waals surface area (Å²) in [5, 5.41) is 3.02. The highest BCUT2D eigenvalue weighted by atomic mass is 16.5. The van der Waals surface area contributed by atoms with Crippen LogP contribution >= 0.6 is 0 Å². The van der Waals surface area contributed by atoms with Gasteiger partial charge in [-0.3, -0.25) is 0 Å². The van der Waals surface area contributed by atoms with E-state index in [1.54, 1.807) is 7.11 Å². The van der Waals surface area contributed by atoms with Crippen molar-refractivity contribution in [1.29, 1.82) is 0 Å². The van der Waals surface area contributed by atoms with Crippen LogP contribution in [0.25, 0.3) is 11.5 Å². The summed E-state index contributed by atoms with van der Waals surface area (Å²) in [6.07, 6.45) is 0. The molecule has 0 amide bonds. The first-order valence-electron chi connectivity index (χ1n) is 5.71. The molecule has 2 heterocycles. The highest BCUT2D eigenvalue weighted by molar-refractivity contribution is 5.53. The number of nitrogens with one attached hydrogen (secondary N) is 1. The van der Waals surface area contributed by atoms with Crippen LogP contribution in [0.1, 0.15) is 11.4 Å². The Morgan fingerprint density at radius 2 is 2.06 bits per heavy atom. The number of aryl methyl sites for hydroxylation is 1. The van der Waals surface area contributed by atoms with Crippen LogP contribution in [0.15, 0.2) is 24.3 Å². The summed E-state index contributed by atoms with van der Waals surface area (Å²) in [4.78, 5) is 13.3. The molecule has 0 bridgehead atoms. The fourth-order valence-corrected chi connectivity index (χ4v) is 1.63. The molecule has 0 atom stereocenters. The van der Waals surface area contributed by atoms with Crippen molar-refractivity contribution in [2.45, 2.75) is 13.5 Å². The number of methoxy groups -OCH3 is 1. The zero-order valence-corrected chi connectivity index (χ0v) is 10.8. The van der Waals surface area contributed by atoms with Gasteiger partial charge in [-0.15, -0.1) is 0 Å². The second-order valence-corrected chi connectivity index (χ2v) is 3.92. The van der Waals surface area contributed by atoms with Gasteiger partial charge in [0.05, 0.1) is 12.3 Å². The van der Waals surface area contributed by atoms with Crippen molar-refractivity contribution < 1.29 is 4.74 Å². The van der Waals surface area contributed by atoms with Crippen molar-refractivity contribution in [2.75, 3.05) is 19.5 Å². The van der Waals surface area contributed by atoms with Gasteiger partial charge in [0, 0.05) is 25.9 Å². The maximum Gasteiger partial charge on any atom is 0.180 e. The van der Waals surface area contributed by atoms with E-state index >= 15 is 0 Å². The molecule has 2 aromatic heterocycles. The Hall–Kier alpha value is -2.01. The lowest BCUT2D eigenvalue weighted by Crippen LogP contribution is -2.02. The minimum atomic E-state index is 0.454. The lowest BCUT2D eigenvalue weighted by Gasteiger charge is -2.07. The van der Waals surface area contributed by atoms with Crippen LogP contribution in [0.5, 0.6) is 0 Å². The molecule has 0 fully saturated rings. The van der Waals surface area contributed by atoms with E-state index in [-0.39, 0.29) is 0 Å². The zero-order chi connectivity index (χ0) is 13.0. The van der Waals surface area contributed by atoms with Gasteiger partial charge >= 0.3 is 0 Å². The Balaban J connectivity index is 2.46. The van der Waals surface area contributed by atoms with Crippen LogP contribution in [0.2, 0.25) is 0 Å². The number of nitrogens with zero attached hydrogens (tertiary/aromatic N) is 3. The molecule has 94 valence electrons. The first-order valence-corrected chi connectivity index (χ1v) is 5.71. The lowest BCUT2D eigenvalue weighted by molar-refractivity contribution is 0.181. The molecule has 0 radical (unpaired) electrons. The maximum absolute atomic E-state index is 5.10. The molecule has 0 spiro atoms. The Morgan fingerprint density at radius 1 is 1.22 bits per heavy atom. The van der Waals surface area contributed by atoms with Gasteiger partial charge < -0.3 is 10.1 Å². The maximum atomic E-state index is 5.10. The molecule has 2 rings (SSSR count). The smallest absolute Gasteiger partial charge is 0.180 e. The molecule has 0 aliphatic rings. The van der Waals surface area contributed by atoms with E-state index in [9.17, 15) is 0 Å². The summed E-state index contributed by atoms with van der Waals surface area (Å²) in [6.45, 7) is 2.40. The molecule has 0 saturated carbocycles. The standard InChI is InChI=1S/C13H16N4O/c1-9-5-4-6-11(15-9)13-16-10(8-18-3)7-12(14-2)17-13/h4-7H,8H2,1-3H3,(H,14,16,17). The second-order valence-electron chi connectivity index (χ2n) is 3.92. The van der Waals surface area contributed by atoms with E-state index in [1.807, 2.05) is 38.2 Å². The van der Waals surface area contributed by atoms with Gasteiger partial charge in [0.25, 0.3) is 0 Å². The average Bonchev–Trinajstić information content (AvgIpc) is 2.39. The molecule has 0 aliphatic carbocycles. The third-order valence-corrected chi connectivity index (χ3v) is 2.44. The summed E-state index contributed by atoms with van der Waals surface area (Å²) < 4.78 is 5.10. The van der Waals surface area contributed by atoms with Crippen molar-refractivity contribution >= 4 is 5.82 Å². The topological polar surface area (TPSA) is 59.9 Å². The number of rotatable bonds is 4. The Labute approximate surface area is 106 Å². The van der Waals surface area contributed by atoms with Crippen LogP contribution in [-0.2, 0) is 11.3 Å². The van der Waals surface area contributed by atoms with Gasteiger partial charge in [0.15, 0.2) is 5.82 Å². The highest BCUT2D eigenvalue weighted by Gasteiger charge is 2.07. The Morgan fingerprint density at radius 3 is 2.72 bits per heavy atom. The van der Waals surface area contributed by atoms with E-state index in [0.29, 0.717) is 12.4 Å². The number of pyridine rings is 1. The van der Waals surface area contributed by atoms with Crippen LogP contribution in [0.3, 0.4) is 0 Å². The van der Waals surface area contributed by atoms with Gasteiger partial charge in [0.1, 0.15) is 11.5 Å². The molecule has 5 nitrogen and oxygen atoms in total. The van der Waals surface area contributed by atoms with Gasteiger partial charge in [-0.05, 0) is 19.1 Å². The van der Waals surface area contributed by atoms with Crippen molar-refractivity contribution in [1.82, 2.24) is 15.0 Å². The minimum Gasteiger partial charge on any atom is -0.378 e. The average molecular weight is 244 g/mol. The van der Waals surface area contributed by atoms with Gasteiger partial charge in [0.2, 0.25) is 0 Å². The van der Waals surface area contributed by atoms with Crippen LogP contribution < -0.4 is 5.32 Å². The van der Waals surface area contributed by atoms with Crippen molar-refractivity contribution in [3.8, 4) is 11.5 Å². The monoisotopic (exact) mass is 244 g/mol. The molecule has 0 saturated heterocycles. The lowest BCUT2D eigenvalue weighted by atomic mass is 10.3. The quantitative estimate of drug-likeness (QED) is 0.891. The van der Waals surface area contributed by atoms with Crippen molar-refractivity contribution in [2.24, 2.45) is 0 Å². The van der Waals surface area contributed by atoms with Crippen LogP contribution in [0, 0.1) is 6.92 Å². The van der Waals surface area contributed by atoms with Crippen LogP contribution in [-0.4, -0.2) is 29.1 Å². The van der Waals surface area contributed by atoms with E-state index < -0.39 is 0 Å². The summed E-state index contributed by atoms with van der Waals surface area (Å²) in [5.41, 5.74) is 2.54. The predicted octanol–water partition coefficient (Wildman–Crippen LogP) is 2.04. The number of ether oxygens (including phenoxy) is 1. The molecular formula is C13H16N4O.